The number of carbonyl (C=O) groups excluding carboxylic acids is 3. The summed E-state index contributed by atoms with van der Waals surface area (Å²) < 4.78 is 14.7. The van der Waals surface area contributed by atoms with Crippen molar-refractivity contribution in [2.24, 2.45) is 0 Å². The molecule has 1 aliphatic heterocycles. The number of methoxy groups -OCH3 is 3. The van der Waals surface area contributed by atoms with Gasteiger partial charge < -0.3 is 14.2 Å². The van der Waals surface area contributed by atoms with E-state index in [1.165, 1.54) is 33.3 Å². The number of esters is 1. The van der Waals surface area contributed by atoms with Crippen molar-refractivity contribution in [2.45, 2.75) is 13.0 Å². The highest BCUT2D eigenvalue weighted by molar-refractivity contribution is 8.18. The Hall–Kier alpha value is -3.08. The molecule has 10 nitrogen and oxygen atoms in total. The number of benzene rings is 1. The van der Waals surface area contributed by atoms with Crippen LogP contribution in [-0.4, -0.2) is 54.3 Å². The Morgan fingerprint density at radius 1 is 1.22 bits per heavy atom. The first kappa shape index (κ1) is 20.2. The van der Waals surface area contributed by atoms with E-state index >= 15 is 0 Å². The molecule has 1 aliphatic rings. The summed E-state index contributed by atoms with van der Waals surface area (Å²) in [6.07, 6.45) is 1.20. The average Bonchev–Trinajstić information content (AvgIpc) is 2.92. The van der Waals surface area contributed by atoms with Crippen molar-refractivity contribution >= 4 is 40.6 Å². The first-order valence-corrected chi connectivity index (χ1v) is 8.32. The molecule has 2 amide bonds. The largest absolute Gasteiger partial charge is 0.493 e. The minimum atomic E-state index is -1.12. The monoisotopic (exact) mass is 396 g/mol. The molecule has 144 valence electrons. The molecule has 0 N–H and O–H groups in total. The van der Waals surface area contributed by atoms with Gasteiger partial charge >= 0.3 is 5.97 Å². The van der Waals surface area contributed by atoms with E-state index in [2.05, 4.69) is 4.74 Å². The van der Waals surface area contributed by atoms with Gasteiger partial charge in [-0.3, -0.25) is 24.6 Å². The molecule has 1 heterocycles. The highest BCUT2D eigenvalue weighted by atomic mass is 32.2. The van der Waals surface area contributed by atoms with Crippen LogP contribution in [0.1, 0.15) is 12.5 Å². The molecule has 0 radical (unpaired) electrons. The number of hydrogen-bond acceptors (Lipinski definition) is 9. The summed E-state index contributed by atoms with van der Waals surface area (Å²) in [4.78, 5) is 47.7. The summed E-state index contributed by atoms with van der Waals surface area (Å²) >= 11 is 0.573. The van der Waals surface area contributed by atoms with Gasteiger partial charge in [-0.05, 0) is 30.8 Å². The lowest BCUT2D eigenvalue weighted by atomic mass is 10.1. The van der Waals surface area contributed by atoms with Gasteiger partial charge in [0.05, 0.1) is 42.8 Å². The highest BCUT2D eigenvalue weighted by Crippen LogP contribution is 2.39. The summed E-state index contributed by atoms with van der Waals surface area (Å²) in [5.41, 5.74) is -0.283. The van der Waals surface area contributed by atoms with Crippen molar-refractivity contribution < 1.29 is 33.5 Å². The third-order valence-electron chi connectivity index (χ3n) is 3.77. The number of nitro groups is 1. The third-order valence-corrected chi connectivity index (χ3v) is 4.65. The van der Waals surface area contributed by atoms with E-state index in [4.69, 9.17) is 9.47 Å². The molecule has 0 unspecified atom stereocenters. The van der Waals surface area contributed by atoms with Gasteiger partial charge in [-0.1, -0.05) is 0 Å². The van der Waals surface area contributed by atoms with Crippen LogP contribution in [0.25, 0.3) is 6.08 Å². The zero-order valence-electron chi connectivity index (χ0n) is 14.9. The Kier molecular flexibility index (Phi) is 6.05. The molecule has 1 saturated heterocycles. The van der Waals surface area contributed by atoms with Crippen LogP contribution in [-0.2, 0) is 14.3 Å². The SMILES string of the molecule is COC(=O)[C@H](C)N1C(=O)S/C(=C/c2cc(OC)c(OC)cc2[N+](=O)[O-])C1=O. The first-order valence-electron chi connectivity index (χ1n) is 7.50. The van der Waals surface area contributed by atoms with Gasteiger partial charge in [0.25, 0.3) is 16.8 Å². The highest BCUT2D eigenvalue weighted by Gasteiger charge is 2.41. The van der Waals surface area contributed by atoms with Gasteiger partial charge in [-0.25, -0.2) is 4.79 Å². The minimum absolute atomic E-state index is 0.0499. The van der Waals surface area contributed by atoms with E-state index in [9.17, 15) is 24.5 Å². The Balaban J connectivity index is 2.50. The maximum absolute atomic E-state index is 12.5. The number of imide groups is 1. The Morgan fingerprint density at radius 3 is 2.33 bits per heavy atom. The number of hydrogen-bond donors (Lipinski definition) is 0. The lowest BCUT2D eigenvalue weighted by Gasteiger charge is -2.18. The fourth-order valence-electron chi connectivity index (χ4n) is 2.39. The smallest absolute Gasteiger partial charge is 0.328 e. The number of amides is 2. The molecule has 0 saturated carbocycles. The van der Waals surface area contributed by atoms with E-state index in [-0.39, 0.29) is 27.7 Å². The molecule has 0 spiro atoms. The second-order valence-electron chi connectivity index (χ2n) is 5.27. The maximum Gasteiger partial charge on any atom is 0.328 e. The standard InChI is InChI=1S/C16H16N2O8S/c1-8(15(20)26-4)17-14(19)13(27-16(17)21)6-9-5-11(24-2)12(25-3)7-10(9)18(22)23/h5-8H,1-4H3/b13-6+/t8-/m0/s1. The normalized spacial score (nSPS) is 16.4. The van der Waals surface area contributed by atoms with Crippen LogP contribution in [0.2, 0.25) is 0 Å². The predicted molar refractivity (Wildman–Crippen MR) is 95.5 cm³/mol. The van der Waals surface area contributed by atoms with Crippen molar-refractivity contribution in [2.75, 3.05) is 21.3 Å². The zero-order valence-corrected chi connectivity index (χ0v) is 15.7. The van der Waals surface area contributed by atoms with Crippen LogP contribution in [0, 0.1) is 10.1 Å². The van der Waals surface area contributed by atoms with E-state index in [0.717, 1.165) is 18.1 Å². The van der Waals surface area contributed by atoms with Crippen molar-refractivity contribution in [1.29, 1.82) is 0 Å². The fourth-order valence-corrected chi connectivity index (χ4v) is 3.29. The quantitative estimate of drug-likeness (QED) is 0.308. The van der Waals surface area contributed by atoms with Crippen molar-refractivity contribution in [3.05, 3.63) is 32.7 Å². The number of carbonyl (C=O) groups is 3. The van der Waals surface area contributed by atoms with Gasteiger partial charge in [-0.15, -0.1) is 0 Å². The molecule has 11 heteroatoms. The van der Waals surface area contributed by atoms with Crippen LogP contribution in [0.5, 0.6) is 11.5 Å². The van der Waals surface area contributed by atoms with Crippen LogP contribution in [0.15, 0.2) is 17.0 Å². The van der Waals surface area contributed by atoms with Gasteiger partial charge in [-0.2, -0.15) is 0 Å². The molecule has 1 aromatic rings. The summed E-state index contributed by atoms with van der Waals surface area (Å²) in [6, 6.07) is 1.37. The molecule has 27 heavy (non-hydrogen) atoms. The molecule has 0 aromatic heterocycles. The number of rotatable bonds is 6. The van der Waals surface area contributed by atoms with Crippen LogP contribution in [0.3, 0.4) is 0 Å². The Labute approximate surface area is 158 Å². The zero-order chi connectivity index (χ0) is 20.3. The lowest BCUT2D eigenvalue weighted by molar-refractivity contribution is -0.385. The van der Waals surface area contributed by atoms with E-state index in [1.54, 1.807) is 0 Å². The predicted octanol–water partition coefficient (Wildman–Crippen LogP) is 2.21. The second kappa shape index (κ2) is 8.08. The summed E-state index contributed by atoms with van der Waals surface area (Å²) in [7, 11) is 3.83. The first-order chi connectivity index (χ1) is 12.7. The summed E-state index contributed by atoms with van der Waals surface area (Å²) in [6.45, 7) is 1.35. The molecule has 0 bridgehead atoms. The van der Waals surface area contributed by atoms with Gasteiger partial charge in [0.2, 0.25) is 0 Å². The second-order valence-corrected chi connectivity index (χ2v) is 6.27. The number of thioether (sulfide) groups is 1. The molecule has 1 aromatic carbocycles. The number of nitro benzene ring substituents is 1. The van der Waals surface area contributed by atoms with Crippen LogP contribution in [0.4, 0.5) is 10.5 Å². The topological polar surface area (TPSA) is 125 Å². The summed E-state index contributed by atoms with van der Waals surface area (Å²) in [5.74, 6) is -1.13. The van der Waals surface area contributed by atoms with Crippen molar-refractivity contribution in [1.82, 2.24) is 4.90 Å². The number of nitrogens with zero attached hydrogens (tertiary/aromatic N) is 2. The van der Waals surface area contributed by atoms with Crippen LogP contribution < -0.4 is 9.47 Å². The Morgan fingerprint density at radius 2 is 1.81 bits per heavy atom. The average molecular weight is 396 g/mol. The van der Waals surface area contributed by atoms with Crippen molar-refractivity contribution in [3.8, 4) is 11.5 Å². The van der Waals surface area contributed by atoms with Crippen LogP contribution >= 0.6 is 11.8 Å². The molecule has 1 atom stereocenters. The molecule has 0 aliphatic carbocycles. The van der Waals surface area contributed by atoms with Gasteiger partial charge in [0.1, 0.15) is 6.04 Å². The molecule has 2 rings (SSSR count). The number of ether oxygens (including phenoxy) is 3. The molecular formula is C16H16N2O8S. The van der Waals surface area contributed by atoms with Gasteiger partial charge in [0.15, 0.2) is 11.5 Å². The van der Waals surface area contributed by atoms with E-state index < -0.39 is 28.1 Å². The van der Waals surface area contributed by atoms with E-state index in [1.807, 2.05) is 0 Å². The van der Waals surface area contributed by atoms with Crippen molar-refractivity contribution in [3.63, 3.8) is 0 Å². The van der Waals surface area contributed by atoms with Gasteiger partial charge in [0, 0.05) is 0 Å². The lowest BCUT2D eigenvalue weighted by Crippen LogP contribution is -2.42. The molecular weight excluding hydrogens is 380 g/mol. The molecule has 1 fully saturated rings. The fraction of sp³-hybridized carbons (Fsp3) is 0.312. The maximum atomic E-state index is 12.5. The minimum Gasteiger partial charge on any atom is -0.493 e. The Bertz CT molecular complexity index is 851. The third kappa shape index (κ3) is 3.87. The van der Waals surface area contributed by atoms with E-state index in [0.29, 0.717) is 11.8 Å². The summed E-state index contributed by atoms with van der Waals surface area (Å²) in [5, 5.41) is 10.7.